The molecule has 0 aromatic carbocycles. The summed E-state index contributed by atoms with van der Waals surface area (Å²) >= 11 is 0. The van der Waals surface area contributed by atoms with Crippen LogP contribution in [-0.2, 0) is 0 Å². The Morgan fingerprint density at radius 2 is 1.71 bits per heavy atom. The molecule has 0 aliphatic heterocycles. The van der Waals surface area contributed by atoms with Crippen LogP contribution >= 0.6 is 0 Å². The van der Waals surface area contributed by atoms with E-state index >= 15 is 0 Å². The lowest BCUT2D eigenvalue weighted by molar-refractivity contribution is 0.0447. The Bertz CT molecular complexity index is 636. The number of rotatable bonds is 5. The molecule has 4 rings (SSSR count). The van der Waals surface area contributed by atoms with Gasteiger partial charge >= 0.3 is 0 Å². The second-order valence-corrected chi connectivity index (χ2v) is 12.3. The normalized spacial score (nSPS) is 43.7. The zero-order chi connectivity index (χ0) is 20.1. The van der Waals surface area contributed by atoms with E-state index in [1.807, 2.05) is 5.57 Å². The van der Waals surface area contributed by atoms with Gasteiger partial charge < -0.3 is 0 Å². The summed E-state index contributed by atoms with van der Waals surface area (Å²) in [5.74, 6) is 5.35. The summed E-state index contributed by atoms with van der Waals surface area (Å²) in [5, 5.41) is 0. The van der Waals surface area contributed by atoms with Gasteiger partial charge in [-0.2, -0.15) is 0 Å². The molecule has 0 aromatic heterocycles. The smallest absolute Gasteiger partial charge is 0.00474 e. The summed E-state index contributed by atoms with van der Waals surface area (Å²) in [6, 6.07) is 0. The predicted octanol–water partition coefficient (Wildman–Crippen LogP) is 8.58. The van der Waals surface area contributed by atoms with Crippen molar-refractivity contribution in [2.75, 3.05) is 0 Å². The van der Waals surface area contributed by atoms with Crippen LogP contribution in [0.5, 0.6) is 0 Å². The minimum absolute atomic E-state index is 0.485. The van der Waals surface area contributed by atoms with Gasteiger partial charge in [0.05, 0.1) is 0 Å². The average molecular weight is 383 g/mol. The maximum atomic E-state index is 2.69. The zero-order valence-electron chi connectivity index (χ0n) is 19.7. The van der Waals surface area contributed by atoms with Crippen LogP contribution in [0, 0.1) is 46.3 Å². The molecule has 3 saturated carbocycles. The van der Waals surface area contributed by atoms with Crippen molar-refractivity contribution in [3.8, 4) is 0 Å². The molecule has 0 nitrogen and oxygen atoms in total. The molecule has 0 aromatic rings. The molecule has 3 fully saturated rings. The minimum Gasteiger partial charge on any atom is -0.0634 e. The van der Waals surface area contributed by atoms with Gasteiger partial charge in [-0.05, 0) is 91.3 Å². The molecule has 0 spiro atoms. The van der Waals surface area contributed by atoms with E-state index in [0.29, 0.717) is 10.8 Å². The molecule has 4 aliphatic rings. The van der Waals surface area contributed by atoms with E-state index in [2.05, 4.69) is 53.7 Å². The molecule has 158 valence electrons. The quantitative estimate of drug-likeness (QED) is 0.446. The van der Waals surface area contributed by atoms with Crippen molar-refractivity contribution < 1.29 is 0 Å². The first-order valence-corrected chi connectivity index (χ1v) is 12.7. The molecule has 28 heavy (non-hydrogen) atoms. The Morgan fingerprint density at radius 3 is 2.46 bits per heavy atom. The van der Waals surface area contributed by atoms with Crippen LogP contribution in [0.4, 0.5) is 0 Å². The molecule has 0 N–H and O–H groups in total. The van der Waals surface area contributed by atoms with Crippen LogP contribution in [0.15, 0.2) is 23.3 Å². The van der Waals surface area contributed by atoms with Crippen LogP contribution < -0.4 is 0 Å². The van der Waals surface area contributed by atoms with Crippen molar-refractivity contribution in [1.82, 2.24) is 0 Å². The summed E-state index contributed by atoms with van der Waals surface area (Å²) in [6.07, 6.45) is 19.6. The molecular formula is C28H46. The van der Waals surface area contributed by atoms with Crippen LogP contribution in [0.2, 0.25) is 0 Å². The molecule has 7 atom stereocenters. The highest BCUT2D eigenvalue weighted by Crippen LogP contribution is 2.66. The molecule has 0 radical (unpaired) electrons. The first-order chi connectivity index (χ1) is 13.3. The van der Waals surface area contributed by atoms with Gasteiger partial charge in [0.1, 0.15) is 0 Å². The van der Waals surface area contributed by atoms with Crippen LogP contribution in [0.3, 0.4) is 0 Å². The van der Waals surface area contributed by atoms with Crippen LogP contribution in [0.1, 0.15) is 106 Å². The van der Waals surface area contributed by atoms with Crippen LogP contribution in [-0.4, -0.2) is 0 Å². The van der Waals surface area contributed by atoms with E-state index in [9.17, 15) is 0 Å². The molecule has 0 bridgehead atoms. The highest BCUT2D eigenvalue weighted by Gasteiger charge is 2.56. The Labute approximate surface area is 175 Å². The average Bonchev–Trinajstić information content (AvgIpc) is 2.99. The summed E-state index contributed by atoms with van der Waals surface area (Å²) in [4.78, 5) is 0. The molecule has 0 saturated heterocycles. The third-order valence-corrected chi connectivity index (χ3v) is 10.0. The number of fused-ring (bicyclic) bond motifs is 5. The van der Waals surface area contributed by atoms with E-state index in [4.69, 9.17) is 0 Å². The summed E-state index contributed by atoms with van der Waals surface area (Å²) in [6.45, 7) is 15.1. The van der Waals surface area contributed by atoms with Crippen molar-refractivity contribution in [2.45, 2.75) is 106 Å². The Morgan fingerprint density at radius 1 is 0.929 bits per heavy atom. The van der Waals surface area contributed by atoms with E-state index in [-0.39, 0.29) is 0 Å². The van der Waals surface area contributed by atoms with Crippen molar-refractivity contribution >= 4 is 0 Å². The van der Waals surface area contributed by atoms with Crippen molar-refractivity contribution in [1.29, 1.82) is 0 Å². The highest BCUT2D eigenvalue weighted by molar-refractivity contribution is 5.38. The monoisotopic (exact) mass is 382 g/mol. The largest absolute Gasteiger partial charge is 0.0634 e. The molecule has 0 heteroatoms. The predicted molar refractivity (Wildman–Crippen MR) is 122 cm³/mol. The standard InChI is InChI=1S/C28H46/c1-19(2)8-7-9-21(4)24-12-13-25-23-11-10-22-18-20(3)14-16-27(22,5)26(23)15-17-28(24,25)6/h10-11,19-21,24-26H,7-9,12-18H2,1-6H3/t20?,21-,24?,25?,26?,27?,28?/m1/s1. The summed E-state index contributed by atoms with van der Waals surface area (Å²) in [7, 11) is 0. The first kappa shape index (κ1) is 20.7. The molecule has 0 amide bonds. The van der Waals surface area contributed by atoms with E-state index in [0.717, 1.165) is 35.5 Å². The van der Waals surface area contributed by atoms with Gasteiger partial charge in [-0.1, -0.05) is 84.1 Å². The fraction of sp³-hybridized carbons (Fsp3) is 0.857. The lowest BCUT2D eigenvalue weighted by atomic mass is 9.49. The van der Waals surface area contributed by atoms with Crippen molar-refractivity contribution in [3.63, 3.8) is 0 Å². The number of hydrogen-bond acceptors (Lipinski definition) is 0. The first-order valence-electron chi connectivity index (χ1n) is 12.7. The topological polar surface area (TPSA) is 0 Å². The Hall–Kier alpha value is -0.520. The van der Waals surface area contributed by atoms with Gasteiger partial charge in [0, 0.05) is 0 Å². The molecule has 0 heterocycles. The molecule has 4 aliphatic carbocycles. The van der Waals surface area contributed by atoms with E-state index < -0.39 is 0 Å². The van der Waals surface area contributed by atoms with Gasteiger partial charge in [-0.25, -0.2) is 0 Å². The third kappa shape index (κ3) is 3.35. The number of hydrogen-bond donors (Lipinski definition) is 0. The summed E-state index contributed by atoms with van der Waals surface area (Å²) < 4.78 is 0. The zero-order valence-corrected chi connectivity index (χ0v) is 19.7. The number of allylic oxidation sites excluding steroid dienone is 4. The van der Waals surface area contributed by atoms with Gasteiger partial charge in [-0.15, -0.1) is 0 Å². The lowest BCUT2D eigenvalue weighted by Crippen LogP contribution is -2.46. The van der Waals surface area contributed by atoms with E-state index in [1.165, 1.54) is 64.2 Å². The van der Waals surface area contributed by atoms with Gasteiger partial charge in [0.25, 0.3) is 0 Å². The van der Waals surface area contributed by atoms with E-state index in [1.54, 1.807) is 5.57 Å². The third-order valence-electron chi connectivity index (χ3n) is 10.0. The Kier molecular flexibility index (Phi) is 5.65. The lowest BCUT2D eigenvalue weighted by Gasteiger charge is -2.55. The Balaban J connectivity index is 1.53. The van der Waals surface area contributed by atoms with Gasteiger partial charge in [0.2, 0.25) is 0 Å². The molecular weight excluding hydrogens is 336 g/mol. The minimum atomic E-state index is 0.485. The highest BCUT2D eigenvalue weighted by atomic mass is 14.6. The van der Waals surface area contributed by atoms with Gasteiger partial charge in [-0.3, -0.25) is 0 Å². The van der Waals surface area contributed by atoms with Crippen molar-refractivity contribution in [2.24, 2.45) is 46.3 Å². The van der Waals surface area contributed by atoms with Gasteiger partial charge in [0.15, 0.2) is 0 Å². The molecule has 6 unspecified atom stereocenters. The van der Waals surface area contributed by atoms with Crippen molar-refractivity contribution in [3.05, 3.63) is 23.3 Å². The maximum absolute atomic E-state index is 2.69. The second-order valence-electron chi connectivity index (χ2n) is 12.3. The maximum Gasteiger partial charge on any atom is -0.00474 e. The second kappa shape index (κ2) is 7.63. The SMILES string of the molecule is CC(C)CCC[C@@H](C)C1CCC2C3=CC=C4CC(C)CCC4(C)C3CCC21C. The fourth-order valence-electron chi connectivity index (χ4n) is 8.21. The fourth-order valence-corrected chi connectivity index (χ4v) is 8.21. The summed E-state index contributed by atoms with van der Waals surface area (Å²) in [5.41, 5.74) is 4.73. The van der Waals surface area contributed by atoms with Crippen LogP contribution in [0.25, 0.3) is 0 Å².